The Balaban J connectivity index is 2.44. The Kier molecular flexibility index (Phi) is 3.21. The zero-order valence-electron chi connectivity index (χ0n) is 7.21. The molecular weight excluding hydrogens is 282 g/mol. The van der Waals surface area contributed by atoms with E-state index >= 15 is 0 Å². The predicted octanol–water partition coefficient (Wildman–Crippen LogP) is 4.36. The molecule has 1 aromatic carbocycles. The van der Waals surface area contributed by atoms with Crippen molar-refractivity contribution in [2.75, 3.05) is 0 Å². The van der Waals surface area contributed by atoms with Gasteiger partial charge in [-0.2, -0.15) is 0 Å². The summed E-state index contributed by atoms with van der Waals surface area (Å²) in [6.45, 7) is 0. The maximum atomic E-state index is 6.06. The Morgan fingerprint density at radius 2 is 2.14 bits per heavy atom. The van der Waals surface area contributed by atoms with Gasteiger partial charge in [-0.25, -0.2) is 4.98 Å². The van der Waals surface area contributed by atoms with E-state index in [0.717, 1.165) is 26.6 Å². The maximum absolute atomic E-state index is 6.06. The van der Waals surface area contributed by atoms with Crippen molar-refractivity contribution in [2.45, 2.75) is 5.33 Å². The number of rotatable bonds is 2. The second-order valence-corrected chi connectivity index (χ2v) is 4.65. The first kappa shape index (κ1) is 10.1. The molecule has 0 bridgehead atoms. The van der Waals surface area contributed by atoms with Gasteiger partial charge in [0.2, 0.25) is 0 Å². The summed E-state index contributed by atoms with van der Waals surface area (Å²) in [6, 6.07) is 7.75. The Morgan fingerprint density at radius 1 is 1.36 bits per heavy atom. The molecule has 0 amide bonds. The topological polar surface area (TPSA) is 12.9 Å². The second kappa shape index (κ2) is 4.43. The summed E-state index contributed by atoms with van der Waals surface area (Å²) in [6.07, 6.45) is 0. The van der Waals surface area contributed by atoms with E-state index in [0.29, 0.717) is 0 Å². The van der Waals surface area contributed by atoms with E-state index in [2.05, 4.69) is 20.9 Å². The molecule has 72 valence electrons. The van der Waals surface area contributed by atoms with Gasteiger partial charge in [-0.05, 0) is 6.07 Å². The van der Waals surface area contributed by atoms with E-state index in [1.807, 2.05) is 29.6 Å². The van der Waals surface area contributed by atoms with Crippen LogP contribution in [0.25, 0.3) is 11.3 Å². The number of aromatic nitrogens is 1. The normalized spacial score (nSPS) is 10.4. The van der Waals surface area contributed by atoms with Gasteiger partial charge < -0.3 is 0 Å². The molecule has 0 saturated heterocycles. The van der Waals surface area contributed by atoms with Crippen LogP contribution in [-0.4, -0.2) is 4.98 Å². The molecule has 4 heteroatoms. The van der Waals surface area contributed by atoms with Crippen LogP contribution in [0.5, 0.6) is 0 Å². The van der Waals surface area contributed by atoms with E-state index in [1.54, 1.807) is 11.3 Å². The Bertz CT molecular complexity index is 441. The average Bonchev–Trinajstić information content (AvgIpc) is 2.67. The van der Waals surface area contributed by atoms with Crippen LogP contribution in [0.4, 0.5) is 0 Å². The standard InChI is InChI=1S/C10H7BrClNS/c11-5-10-13-9(6-14-10)7-3-1-2-4-8(7)12/h1-4,6H,5H2. The summed E-state index contributed by atoms with van der Waals surface area (Å²) in [5.41, 5.74) is 1.95. The minimum Gasteiger partial charge on any atom is -0.240 e. The van der Waals surface area contributed by atoms with Gasteiger partial charge in [-0.3, -0.25) is 0 Å². The Labute approximate surface area is 99.9 Å². The predicted molar refractivity (Wildman–Crippen MR) is 65.2 cm³/mol. The number of halogens is 2. The second-order valence-electron chi connectivity index (χ2n) is 2.74. The summed E-state index contributed by atoms with van der Waals surface area (Å²) >= 11 is 11.1. The Morgan fingerprint density at radius 3 is 2.79 bits per heavy atom. The van der Waals surface area contributed by atoms with Crippen molar-refractivity contribution in [2.24, 2.45) is 0 Å². The molecule has 1 nitrogen and oxygen atoms in total. The lowest BCUT2D eigenvalue weighted by Gasteiger charge is -1.98. The molecule has 1 heterocycles. The van der Waals surface area contributed by atoms with Crippen LogP contribution >= 0.6 is 38.9 Å². The first-order valence-corrected chi connectivity index (χ1v) is 6.44. The van der Waals surface area contributed by atoms with Crippen molar-refractivity contribution >= 4 is 38.9 Å². The van der Waals surface area contributed by atoms with Gasteiger partial charge >= 0.3 is 0 Å². The highest BCUT2D eigenvalue weighted by Gasteiger charge is 2.06. The molecule has 0 spiro atoms. The van der Waals surface area contributed by atoms with Crippen molar-refractivity contribution in [3.05, 3.63) is 39.7 Å². The molecule has 0 atom stereocenters. The lowest BCUT2D eigenvalue weighted by molar-refractivity contribution is 1.28. The van der Waals surface area contributed by atoms with Gasteiger partial charge in [0.05, 0.1) is 11.0 Å². The molecule has 2 aromatic rings. The monoisotopic (exact) mass is 287 g/mol. The van der Waals surface area contributed by atoms with Gasteiger partial charge in [0, 0.05) is 16.0 Å². The molecule has 0 aliphatic rings. The van der Waals surface area contributed by atoms with Crippen LogP contribution in [0.2, 0.25) is 5.02 Å². The molecule has 0 aliphatic heterocycles. The van der Waals surface area contributed by atoms with E-state index in [1.165, 1.54) is 0 Å². The molecule has 2 rings (SSSR count). The molecule has 0 saturated carbocycles. The zero-order chi connectivity index (χ0) is 9.97. The molecule has 0 radical (unpaired) electrons. The highest BCUT2D eigenvalue weighted by molar-refractivity contribution is 9.08. The number of hydrogen-bond acceptors (Lipinski definition) is 2. The average molecular weight is 289 g/mol. The van der Waals surface area contributed by atoms with Crippen molar-refractivity contribution in [1.29, 1.82) is 0 Å². The van der Waals surface area contributed by atoms with Crippen LogP contribution in [0.3, 0.4) is 0 Å². The summed E-state index contributed by atoms with van der Waals surface area (Å²) in [5, 5.41) is 4.64. The third-order valence-electron chi connectivity index (χ3n) is 1.82. The van der Waals surface area contributed by atoms with Crippen LogP contribution < -0.4 is 0 Å². The third-order valence-corrected chi connectivity index (χ3v) is 3.90. The van der Waals surface area contributed by atoms with Crippen LogP contribution in [0.1, 0.15) is 5.01 Å². The first-order chi connectivity index (χ1) is 6.81. The first-order valence-electron chi connectivity index (χ1n) is 4.06. The van der Waals surface area contributed by atoms with Gasteiger partial charge in [0.25, 0.3) is 0 Å². The van der Waals surface area contributed by atoms with E-state index < -0.39 is 0 Å². The number of benzene rings is 1. The molecule has 0 unspecified atom stereocenters. The molecule has 14 heavy (non-hydrogen) atoms. The molecule has 0 N–H and O–H groups in total. The van der Waals surface area contributed by atoms with Crippen molar-refractivity contribution in [1.82, 2.24) is 4.98 Å². The fraction of sp³-hybridized carbons (Fsp3) is 0.100. The van der Waals surface area contributed by atoms with Crippen LogP contribution in [0, 0.1) is 0 Å². The van der Waals surface area contributed by atoms with Crippen molar-refractivity contribution in [3.8, 4) is 11.3 Å². The van der Waals surface area contributed by atoms with Crippen molar-refractivity contribution < 1.29 is 0 Å². The summed E-state index contributed by atoms with van der Waals surface area (Å²) in [7, 11) is 0. The van der Waals surface area contributed by atoms with E-state index in [9.17, 15) is 0 Å². The summed E-state index contributed by atoms with van der Waals surface area (Å²) in [4.78, 5) is 4.45. The molecular formula is C10H7BrClNS. The molecule has 0 fully saturated rings. The SMILES string of the molecule is Clc1ccccc1-c1csc(CBr)n1. The van der Waals surface area contributed by atoms with Crippen molar-refractivity contribution in [3.63, 3.8) is 0 Å². The number of hydrogen-bond donors (Lipinski definition) is 0. The number of alkyl halides is 1. The maximum Gasteiger partial charge on any atom is 0.104 e. The molecule has 0 aliphatic carbocycles. The lowest BCUT2D eigenvalue weighted by Crippen LogP contribution is -1.80. The van der Waals surface area contributed by atoms with Gasteiger partial charge in [-0.15, -0.1) is 11.3 Å². The van der Waals surface area contributed by atoms with E-state index in [4.69, 9.17) is 11.6 Å². The minimum absolute atomic E-state index is 0.749. The summed E-state index contributed by atoms with van der Waals surface area (Å²) < 4.78 is 0. The van der Waals surface area contributed by atoms with Crippen LogP contribution in [-0.2, 0) is 5.33 Å². The largest absolute Gasteiger partial charge is 0.240 e. The minimum atomic E-state index is 0.749. The van der Waals surface area contributed by atoms with E-state index in [-0.39, 0.29) is 0 Å². The smallest absolute Gasteiger partial charge is 0.104 e. The summed E-state index contributed by atoms with van der Waals surface area (Å²) in [5.74, 6) is 0. The van der Waals surface area contributed by atoms with Gasteiger partial charge in [0.1, 0.15) is 5.01 Å². The third kappa shape index (κ3) is 2.00. The Hall–Kier alpha value is -0.380. The van der Waals surface area contributed by atoms with Gasteiger partial charge in [0.15, 0.2) is 0 Å². The fourth-order valence-corrected chi connectivity index (χ4v) is 2.56. The van der Waals surface area contributed by atoms with Gasteiger partial charge in [-0.1, -0.05) is 45.7 Å². The highest BCUT2D eigenvalue weighted by atomic mass is 79.9. The highest BCUT2D eigenvalue weighted by Crippen LogP contribution is 2.28. The lowest BCUT2D eigenvalue weighted by atomic mass is 10.2. The number of thiazole rings is 1. The zero-order valence-corrected chi connectivity index (χ0v) is 10.4. The van der Waals surface area contributed by atoms with Crippen LogP contribution in [0.15, 0.2) is 29.6 Å². The fourth-order valence-electron chi connectivity index (χ4n) is 1.16. The quantitative estimate of drug-likeness (QED) is 0.748. The number of nitrogens with zero attached hydrogens (tertiary/aromatic N) is 1. The molecule has 1 aromatic heterocycles.